The van der Waals surface area contributed by atoms with Gasteiger partial charge in [-0.1, -0.05) is 55.5 Å². The van der Waals surface area contributed by atoms with E-state index < -0.39 is 0 Å². The third-order valence-electron chi connectivity index (χ3n) is 5.68. The van der Waals surface area contributed by atoms with Gasteiger partial charge in [-0.2, -0.15) is 0 Å². The van der Waals surface area contributed by atoms with E-state index in [4.69, 9.17) is 0 Å². The van der Waals surface area contributed by atoms with Crippen LogP contribution in [-0.2, 0) is 24.9 Å². The summed E-state index contributed by atoms with van der Waals surface area (Å²) in [5.41, 5.74) is 2.72. The quantitative estimate of drug-likeness (QED) is 0.515. The zero-order chi connectivity index (χ0) is 22.2. The molecule has 5 heteroatoms. The second-order valence-corrected chi connectivity index (χ2v) is 7.90. The molecule has 1 heterocycles. The number of benzene rings is 2. The van der Waals surface area contributed by atoms with Gasteiger partial charge < -0.3 is 14.4 Å². The molecule has 1 atom stereocenters. The molecule has 0 fully saturated rings. The number of aryl methyl sites for hydroxylation is 1. The molecule has 2 amide bonds. The smallest absolute Gasteiger partial charge is 0.254 e. The van der Waals surface area contributed by atoms with Gasteiger partial charge >= 0.3 is 0 Å². The molecule has 0 saturated heterocycles. The van der Waals surface area contributed by atoms with Gasteiger partial charge in [0.15, 0.2) is 0 Å². The zero-order valence-electron chi connectivity index (χ0n) is 18.6. The highest BCUT2D eigenvalue weighted by molar-refractivity contribution is 5.96. The second-order valence-electron chi connectivity index (χ2n) is 7.90. The van der Waals surface area contributed by atoms with Gasteiger partial charge in [-0.15, -0.1) is 0 Å². The van der Waals surface area contributed by atoms with E-state index in [1.165, 1.54) is 0 Å². The monoisotopic (exact) mass is 417 g/mol. The molecule has 0 unspecified atom stereocenters. The lowest BCUT2D eigenvalue weighted by Crippen LogP contribution is -2.46. The summed E-state index contributed by atoms with van der Waals surface area (Å²) in [4.78, 5) is 30.2. The van der Waals surface area contributed by atoms with Crippen molar-refractivity contribution < 1.29 is 9.59 Å². The Kier molecular flexibility index (Phi) is 7.65. The van der Waals surface area contributed by atoms with Crippen molar-refractivity contribution >= 4 is 11.8 Å². The number of nitrogens with zero attached hydrogens (tertiary/aromatic N) is 3. The van der Waals surface area contributed by atoms with Crippen LogP contribution in [0, 0.1) is 0 Å². The first-order chi connectivity index (χ1) is 15.0. The molecule has 0 aliphatic heterocycles. The summed E-state index contributed by atoms with van der Waals surface area (Å²) in [7, 11) is 1.98. The molecule has 0 aliphatic carbocycles. The van der Waals surface area contributed by atoms with Crippen LogP contribution in [0.1, 0.15) is 41.9 Å². The van der Waals surface area contributed by atoms with E-state index in [9.17, 15) is 9.59 Å². The Morgan fingerprint density at radius 2 is 1.55 bits per heavy atom. The number of rotatable bonds is 9. The maximum Gasteiger partial charge on any atom is 0.254 e. The SMILES string of the molecule is CC[C@@H](C)N(CC(=O)N(Cc1ccccc1)Cc1cccn1C)C(=O)c1ccccc1. The Bertz CT molecular complexity index is 982. The maximum absolute atomic E-state index is 13.5. The molecule has 0 saturated carbocycles. The molecule has 3 aromatic rings. The van der Waals surface area contributed by atoms with Crippen LogP contribution in [-0.4, -0.2) is 38.8 Å². The summed E-state index contributed by atoms with van der Waals surface area (Å²) in [6.07, 6.45) is 2.76. The first-order valence-corrected chi connectivity index (χ1v) is 10.8. The van der Waals surface area contributed by atoms with E-state index in [-0.39, 0.29) is 24.4 Å². The highest BCUT2D eigenvalue weighted by atomic mass is 16.2. The average molecular weight is 418 g/mol. The first kappa shape index (κ1) is 22.3. The van der Waals surface area contributed by atoms with Gasteiger partial charge in [-0.3, -0.25) is 9.59 Å². The molecule has 31 heavy (non-hydrogen) atoms. The third-order valence-corrected chi connectivity index (χ3v) is 5.68. The summed E-state index contributed by atoms with van der Waals surface area (Å²) in [6.45, 7) is 5.07. The molecule has 0 bridgehead atoms. The van der Waals surface area contributed by atoms with Gasteiger partial charge in [-0.25, -0.2) is 0 Å². The molecule has 0 radical (unpaired) electrons. The van der Waals surface area contributed by atoms with Gasteiger partial charge in [0.25, 0.3) is 5.91 Å². The molecule has 5 nitrogen and oxygen atoms in total. The van der Waals surface area contributed by atoms with Crippen molar-refractivity contribution in [3.63, 3.8) is 0 Å². The Morgan fingerprint density at radius 3 is 2.13 bits per heavy atom. The van der Waals surface area contributed by atoms with Gasteiger partial charge in [0.2, 0.25) is 5.91 Å². The van der Waals surface area contributed by atoms with Crippen molar-refractivity contribution in [2.24, 2.45) is 7.05 Å². The average Bonchev–Trinajstić information content (AvgIpc) is 3.21. The molecular weight excluding hydrogens is 386 g/mol. The Hall–Kier alpha value is -3.34. The fourth-order valence-corrected chi connectivity index (χ4v) is 3.53. The Labute approximate surface area is 184 Å². The second kappa shape index (κ2) is 10.6. The van der Waals surface area contributed by atoms with E-state index in [1.807, 2.05) is 97.2 Å². The van der Waals surface area contributed by atoms with E-state index in [0.29, 0.717) is 18.7 Å². The van der Waals surface area contributed by atoms with Gasteiger partial charge in [-0.05, 0) is 43.2 Å². The number of amides is 2. The molecule has 2 aromatic carbocycles. The molecule has 0 N–H and O–H groups in total. The maximum atomic E-state index is 13.5. The lowest BCUT2D eigenvalue weighted by molar-refractivity contribution is -0.133. The van der Waals surface area contributed by atoms with Crippen LogP contribution in [0.4, 0.5) is 0 Å². The summed E-state index contributed by atoms with van der Waals surface area (Å²) < 4.78 is 2.02. The van der Waals surface area contributed by atoms with Gasteiger partial charge in [0.1, 0.15) is 6.54 Å². The topological polar surface area (TPSA) is 45.6 Å². The lowest BCUT2D eigenvalue weighted by Gasteiger charge is -2.31. The lowest BCUT2D eigenvalue weighted by atomic mass is 10.1. The summed E-state index contributed by atoms with van der Waals surface area (Å²) >= 11 is 0. The van der Waals surface area contributed by atoms with Crippen molar-refractivity contribution in [2.45, 2.75) is 39.4 Å². The summed E-state index contributed by atoms with van der Waals surface area (Å²) in [5, 5.41) is 0. The van der Waals surface area contributed by atoms with Crippen LogP contribution >= 0.6 is 0 Å². The van der Waals surface area contributed by atoms with Gasteiger partial charge in [0, 0.05) is 37.1 Å². The molecule has 0 spiro atoms. The van der Waals surface area contributed by atoms with E-state index in [1.54, 1.807) is 17.0 Å². The van der Waals surface area contributed by atoms with E-state index in [2.05, 4.69) is 0 Å². The predicted molar refractivity (Wildman–Crippen MR) is 123 cm³/mol. The van der Waals surface area contributed by atoms with Crippen LogP contribution < -0.4 is 0 Å². The molecule has 3 rings (SSSR count). The van der Waals surface area contributed by atoms with Crippen LogP contribution in [0.2, 0.25) is 0 Å². The summed E-state index contributed by atoms with van der Waals surface area (Å²) in [6, 6.07) is 23.1. The van der Waals surface area contributed by atoms with Crippen LogP contribution in [0.15, 0.2) is 79.0 Å². The number of carbonyl (C=O) groups is 2. The van der Waals surface area contributed by atoms with Crippen molar-refractivity contribution in [1.29, 1.82) is 0 Å². The van der Waals surface area contributed by atoms with Gasteiger partial charge in [0.05, 0.1) is 6.54 Å². The van der Waals surface area contributed by atoms with Crippen molar-refractivity contribution in [1.82, 2.24) is 14.4 Å². The minimum atomic E-state index is -0.109. The number of aromatic nitrogens is 1. The van der Waals surface area contributed by atoms with Crippen molar-refractivity contribution in [3.8, 4) is 0 Å². The largest absolute Gasteiger partial charge is 0.353 e. The number of hydrogen-bond acceptors (Lipinski definition) is 2. The summed E-state index contributed by atoms with van der Waals surface area (Å²) in [5.74, 6) is -0.170. The predicted octanol–water partition coefficient (Wildman–Crippen LogP) is 4.49. The minimum Gasteiger partial charge on any atom is -0.353 e. The fraction of sp³-hybridized carbons (Fsp3) is 0.308. The molecule has 1 aromatic heterocycles. The molecule has 0 aliphatic rings. The van der Waals surface area contributed by atoms with E-state index in [0.717, 1.165) is 17.7 Å². The van der Waals surface area contributed by atoms with Crippen molar-refractivity contribution in [3.05, 3.63) is 95.8 Å². The minimum absolute atomic E-state index is 0.0368. The van der Waals surface area contributed by atoms with Crippen LogP contribution in [0.3, 0.4) is 0 Å². The van der Waals surface area contributed by atoms with Crippen molar-refractivity contribution in [2.75, 3.05) is 6.54 Å². The third kappa shape index (κ3) is 5.85. The molecule has 162 valence electrons. The van der Waals surface area contributed by atoms with Crippen LogP contribution in [0.5, 0.6) is 0 Å². The number of hydrogen-bond donors (Lipinski definition) is 0. The fourth-order valence-electron chi connectivity index (χ4n) is 3.53. The normalized spacial score (nSPS) is 11.7. The zero-order valence-corrected chi connectivity index (χ0v) is 18.6. The standard InChI is InChI=1S/C26H31N3O2/c1-4-21(2)29(26(31)23-14-9-6-10-15-23)20-25(30)28(18-22-12-7-5-8-13-22)19-24-16-11-17-27(24)3/h5-17,21H,4,18-20H2,1-3H3/t21-/m1/s1. The highest BCUT2D eigenvalue weighted by Gasteiger charge is 2.26. The Morgan fingerprint density at radius 1 is 0.903 bits per heavy atom. The highest BCUT2D eigenvalue weighted by Crippen LogP contribution is 2.15. The first-order valence-electron chi connectivity index (χ1n) is 10.8. The number of carbonyl (C=O) groups excluding carboxylic acids is 2. The molecular formula is C26H31N3O2. The Balaban J connectivity index is 1.83. The van der Waals surface area contributed by atoms with Crippen LogP contribution in [0.25, 0.3) is 0 Å². The van der Waals surface area contributed by atoms with E-state index >= 15 is 0 Å².